The summed E-state index contributed by atoms with van der Waals surface area (Å²) < 4.78 is 1.69. The van der Waals surface area contributed by atoms with E-state index in [1.165, 1.54) is 11.3 Å². The smallest absolute Gasteiger partial charge is 0.269 e. The van der Waals surface area contributed by atoms with Crippen LogP contribution in [0.5, 0.6) is 5.75 Å². The molecule has 1 amide bonds. The number of anilines is 1. The number of phenolic OH excluding ortho intramolecular Hbond substituents is 1. The van der Waals surface area contributed by atoms with Crippen molar-refractivity contribution in [3.05, 3.63) is 58.9 Å². The second kappa shape index (κ2) is 7.54. The zero-order valence-corrected chi connectivity index (χ0v) is 16.0. The Hall–Kier alpha value is -2.64. The van der Waals surface area contributed by atoms with E-state index in [2.05, 4.69) is 17.0 Å². The highest BCUT2D eigenvalue weighted by molar-refractivity contribution is 7.12. The van der Waals surface area contributed by atoms with E-state index >= 15 is 0 Å². The van der Waals surface area contributed by atoms with Crippen molar-refractivity contribution < 1.29 is 9.90 Å². The molecule has 140 valence electrons. The second-order valence-electron chi connectivity index (χ2n) is 6.83. The van der Waals surface area contributed by atoms with Gasteiger partial charge in [-0.05, 0) is 56.6 Å². The molecule has 0 aliphatic carbocycles. The molecule has 27 heavy (non-hydrogen) atoms. The Balaban J connectivity index is 1.67. The predicted octanol–water partition coefficient (Wildman–Crippen LogP) is 3.38. The first-order valence-corrected chi connectivity index (χ1v) is 9.90. The average Bonchev–Trinajstić information content (AvgIpc) is 3.36. The molecular formula is C20H22N4O2S. The Bertz CT molecular complexity index is 914. The van der Waals surface area contributed by atoms with E-state index < -0.39 is 0 Å². The number of carbonyl (C=O) groups is 1. The first-order chi connectivity index (χ1) is 13.1. The fourth-order valence-electron chi connectivity index (χ4n) is 3.45. The molecule has 6 nitrogen and oxygen atoms in total. The Labute approximate surface area is 162 Å². The fraction of sp³-hybridized carbons (Fsp3) is 0.300. The molecule has 0 bridgehead atoms. The lowest BCUT2D eigenvalue weighted by Crippen LogP contribution is -2.47. The van der Waals surface area contributed by atoms with Crippen molar-refractivity contribution in [3.8, 4) is 11.4 Å². The van der Waals surface area contributed by atoms with Crippen LogP contribution in [0.15, 0.2) is 54.0 Å². The van der Waals surface area contributed by atoms with Crippen molar-refractivity contribution in [2.24, 2.45) is 0 Å². The summed E-state index contributed by atoms with van der Waals surface area (Å²) in [5, 5.41) is 16.3. The minimum Gasteiger partial charge on any atom is -0.508 e. The van der Waals surface area contributed by atoms with Crippen molar-refractivity contribution >= 4 is 23.1 Å². The van der Waals surface area contributed by atoms with E-state index in [0.29, 0.717) is 5.82 Å². The molecule has 1 N–H and O–H groups in total. The van der Waals surface area contributed by atoms with Crippen LogP contribution in [0.3, 0.4) is 0 Å². The van der Waals surface area contributed by atoms with Crippen LogP contribution in [0.2, 0.25) is 0 Å². The Kier molecular flexibility index (Phi) is 4.96. The quantitative estimate of drug-likeness (QED) is 0.751. The molecule has 1 aliphatic heterocycles. The second-order valence-corrected chi connectivity index (χ2v) is 7.77. The number of phenols is 1. The fourth-order valence-corrected chi connectivity index (χ4v) is 4.11. The molecule has 1 fully saturated rings. The van der Waals surface area contributed by atoms with Crippen molar-refractivity contribution in [2.45, 2.75) is 18.9 Å². The first kappa shape index (κ1) is 17.8. The van der Waals surface area contributed by atoms with Crippen molar-refractivity contribution in [1.29, 1.82) is 0 Å². The highest BCUT2D eigenvalue weighted by Crippen LogP contribution is 2.26. The number of likely N-dealkylation sites (tertiary alicyclic amines) is 1. The monoisotopic (exact) mass is 382 g/mol. The minimum atomic E-state index is 0.000659. The van der Waals surface area contributed by atoms with E-state index in [4.69, 9.17) is 0 Å². The average molecular weight is 382 g/mol. The maximum atomic E-state index is 13.2. The molecule has 0 saturated carbocycles. The van der Waals surface area contributed by atoms with E-state index in [9.17, 15) is 9.90 Å². The molecule has 0 atom stereocenters. The molecule has 7 heteroatoms. The molecule has 4 rings (SSSR count). The molecule has 0 radical (unpaired) electrons. The van der Waals surface area contributed by atoms with E-state index in [1.807, 2.05) is 40.7 Å². The van der Waals surface area contributed by atoms with Gasteiger partial charge in [0.15, 0.2) is 5.82 Å². The third-order valence-electron chi connectivity index (χ3n) is 4.92. The third-order valence-corrected chi connectivity index (χ3v) is 5.78. The van der Waals surface area contributed by atoms with Crippen LogP contribution < -0.4 is 4.90 Å². The molecule has 0 spiro atoms. The van der Waals surface area contributed by atoms with Gasteiger partial charge in [-0.2, -0.15) is 0 Å². The molecule has 0 unspecified atom stereocenters. The Morgan fingerprint density at radius 3 is 2.74 bits per heavy atom. The molecule has 1 aliphatic rings. The number of piperidine rings is 1. The maximum absolute atomic E-state index is 13.2. The molecule has 1 aromatic carbocycles. The van der Waals surface area contributed by atoms with Gasteiger partial charge in [0.1, 0.15) is 5.75 Å². The van der Waals surface area contributed by atoms with Crippen LogP contribution in [0.4, 0.5) is 5.82 Å². The van der Waals surface area contributed by atoms with Gasteiger partial charge in [0.25, 0.3) is 5.91 Å². The minimum absolute atomic E-state index is 0.000659. The van der Waals surface area contributed by atoms with Gasteiger partial charge in [0.2, 0.25) is 0 Å². The van der Waals surface area contributed by atoms with Gasteiger partial charge < -0.3 is 10.0 Å². The molecule has 2 aromatic heterocycles. The summed E-state index contributed by atoms with van der Waals surface area (Å²) in [5.74, 6) is 0.832. The molecule has 3 heterocycles. The molecule has 1 saturated heterocycles. The Morgan fingerprint density at radius 1 is 1.22 bits per heavy atom. The SMILES string of the molecule is CN1CCC(N(C(=O)c2cccs2)c2ccn(-c3cccc(O)c3)n2)CC1. The normalized spacial score (nSPS) is 15.7. The number of amides is 1. The van der Waals surface area contributed by atoms with Crippen LogP contribution in [0, 0.1) is 0 Å². The van der Waals surface area contributed by atoms with Gasteiger partial charge in [0.05, 0.1) is 10.6 Å². The number of benzene rings is 1. The third kappa shape index (κ3) is 3.74. The number of aromatic nitrogens is 2. The van der Waals surface area contributed by atoms with Crippen molar-refractivity contribution in [1.82, 2.24) is 14.7 Å². The number of carbonyl (C=O) groups excluding carboxylic acids is 1. The van der Waals surface area contributed by atoms with Gasteiger partial charge in [-0.15, -0.1) is 16.4 Å². The number of nitrogens with zero attached hydrogens (tertiary/aromatic N) is 4. The first-order valence-electron chi connectivity index (χ1n) is 9.02. The lowest BCUT2D eigenvalue weighted by Gasteiger charge is -2.36. The highest BCUT2D eigenvalue weighted by Gasteiger charge is 2.31. The van der Waals surface area contributed by atoms with Gasteiger partial charge in [-0.3, -0.25) is 9.69 Å². The summed E-state index contributed by atoms with van der Waals surface area (Å²) in [6.07, 6.45) is 3.67. The molecular weight excluding hydrogens is 360 g/mol. The number of hydrogen-bond acceptors (Lipinski definition) is 5. The Morgan fingerprint density at radius 2 is 2.04 bits per heavy atom. The van der Waals surface area contributed by atoms with Crippen molar-refractivity contribution in [3.63, 3.8) is 0 Å². The van der Waals surface area contributed by atoms with E-state index in [0.717, 1.165) is 36.5 Å². The van der Waals surface area contributed by atoms with E-state index in [1.54, 1.807) is 22.9 Å². The number of hydrogen-bond donors (Lipinski definition) is 1. The van der Waals surface area contributed by atoms with Crippen LogP contribution in [0.1, 0.15) is 22.5 Å². The van der Waals surface area contributed by atoms with Crippen LogP contribution in [-0.2, 0) is 0 Å². The lowest BCUT2D eigenvalue weighted by molar-refractivity contribution is 0.0966. The lowest BCUT2D eigenvalue weighted by atomic mass is 10.0. The summed E-state index contributed by atoms with van der Waals surface area (Å²) in [4.78, 5) is 18.1. The topological polar surface area (TPSA) is 61.6 Å². The number of thiophene rings is 1. The summed E-state index contributed by atoms with van der Waals surface area (Å²) >= 11 is 1.45. The zero-order chi connectivity index (χ0) is 18.8. The van der Waals surface area contributed by atoms with Crippen LogP contribution >= 0.6 is 11.3 Å². The zero-order valence-electron chi connectivity index (χ0n) is 15.2. The largest absolute Gasteiger partial charge is 0.508 e. The van der Waals surface area contributed by atoms with Gasteiger partial charge in [-0.25, -0.2) is 4.68 Å². The van der Waals surface area contributed by atoms with Crippen LogP contribution in [-0.4, -0.2) is 51.9 Å². The summed E-state index contributed by atoms with van der Waals surface area (Å²) in [6, 6.07) is 12.7. The maximum Gasteiger partial charge on any atom is 0.269 e. The standard InChI is InChI=1S/C20H22N4O2S/c1-22-10-7-15(8-11-22)24(20(26)18-6-3-13-27-18)19-9-12-23(21-19)16-4-2-5-17(25)14-16/h2-6,9,12-15,25H,7-8,10-11H2,1H3. The summed E-state index contributed by atoms with van der Waals surface area (Å²) in [6.45, 7) is 1.93. The van der Waals surface area contributed by atoms with Gasteiger partial charge in [0, 0.05) is 24.4 Å². The van der Waals surface area contributed by atoms with Gasteiger partial charge in [-0.1, -0.05) is 12.1 Å². The van der Waals surface area contributed by atoms with Gasteiger partial charge >= 0.3 is 0 Å². The van der Waals surface area contributed by atoms with E-state index in [-0.39, 0.29) is 17.7 Å². The predicted molar refractivity (Wildman–Crippen MR) is 107 cm³/mol. The van der Waals surface area contributed by atoms with Crippen LogP contribution in [0.25, 0.3) is 5.69 Å². The number of aromatic hydroxyl groups is 1. The van der Waals surface area contributed by atoms with Crippen molar-refractivity contribution in [2.75, 3.05) is 25.0 Å². The highest BCUT2D eigenvalue weighted by atomic mass is 32.1. The summed E-state index contributed by atoms with van der Waals surface area (Å²) in [7, 11) is 2.11. The number of rotatable bonds is 4. The summed E-state index contributed by atoms with van der Waals surface area (Å²) in [5.41, 5.74) is 0.758. The molecule has 3 aromatic rings.